The number of benzene rings is 5. The minimum atomic E-state index is -5.42. The Balaban J connectivity index is 1.54. The minimum Gasteiger partial charge on any atom is -0.505 e. The van der Waals surface area contributed by atoms with Gasteiger partial charge in [0.15, 0.2) is 11.4 Å². The van der Waals surface area contributed by atoms with Gasteiger partial charge in [-0.3, -0.25) is 18.2 Å². The summed E-state index contributed by atoms with van der Waals surface area (Å²) < 4.78 is 154. The molecular formula is C37H34N8O19S4. The molecule has 68 heavy (non-hydrogen) atoms. The van der Waals surface area contributed by atoms with Crippen LogP contribution in [-0.2, 0) is 40.5 Å². The average Bonchev–Trinajstić information content (AvgIpc) is 3.55. The number of aromatic hydroxyl groups is 2. The van der Waals surface area contributed by atoms with Gasteiger partial charge < -0.3 is 34.6 Å². The van der Waals surface area contributed by atoms with Gasteiger partial charge in [-0.05, 0) is 66.9 Å². The lowest BCUT2D eigenvalue weighted by molar-refractivity contribution is 0.198. The number of aliphatic hydroxyl groups excluding tert-OH is 2. The summed E-state index contributed by atoms with van der Waals surface area (Å²) in [6.07, 6.45) is 0. The van der Waals surface area contributed by atoms with Crippen LogP contribution in [0.3, 0.4) is 0 Å². The average molecular weight is 1020 g/mol. The van der Waals surface area contributed by atoms with Crippen LogP contribution < -0.4 is 14.2 Å². The predicted octanol–water partition coefficient (Wildman–Crippen LogP) is 5.73. The quantitative estimate of drug-likeness (QED) is 0.0376. The largest absolute Gasteiger partial charge is 0.505 e. The van der Waals surface area contributed by atoms with Gasteiger partial charge in [0.05, 0.1) is 52.6 Å². The molecule has 0 saturated heterocycles. The molecule has 5 aromatic carbocycles. The SMILES string of the molecule is COc1ccc(N=Nc2cc(OCCO)c(N=Nc3c(S(=O)(=O)O)cc4cc(S(=O)(=O)O)cc(-n5nc(C)c(N=Nc6ccc(S(=O)(=O)O)cc6)c5O)c4c3O)cc2OCCO)c(S(=O)(=O)O)c1. The fraction of sp³-hybridized carbons (Fsp3) is 0.162. The number of rotatable bonds is 18. The van der Waals surface area contributed by atoms with Crippen LogP contribution in [0.2, 0.25) is 0 Å². The van der Waals surface area contributed by atoms with Crippen LogP contribution in [0.5, 0.6) is 28.9 Å². The number of fused-ring (bicyclic) bond motifs is 1. The molecule has 0 radical (unpaired) electrons. The fourth-order valence-corrected chi connectivity index (χ4v) is 8.30. The monoisotopic (exact) mass is 1020 g/mol. The molecule has 0 atom stereocenters. The summed E-state index contributed by atoms with van der Waals surface area (Å²) in [7, 11) is -18.8. The van der Waals surface area contributed by atoms with E-state index in [1.54, 1.807) is 0 Å². The first-order valence-corrected chi connectivity index (χ1v) is 24.3. The molecule has 6 aromatic rings. The van der Waals surface area contributed by atoms with Crippen LogP contribution in [0, 0.1) is 6.92 Å². The maximum absolute atomic E-state index is 12.9. The second kappa shape index (κ2) is 19.6. The number of phenolic OH excluding ortho intramolecular Hbond substituents is 1. The van der Waals surface area contributed by atoms with Crippen molar-refractivity contribution < 1.29 is 86.5 Å². The second-order valence-electron chi connectivity index (χ2n) is 13.5. The number of aryl methyl sites for hydroxylation is 1. The first-order valence-electron chi connectivity index (χ1n) is 18.6. The van der Waals surface area contributed by atoms with Crippen LogP contribution in [0.4, 0.5) is 34.1 Å². The second-order valence-corrected chi connectivity index (χ2v) is 19.2. The zero-order valence-electron chi connectivity index (χ0n) is 34.5. The van der Waals surface area contributed by atoms with Crippen molar-refractivity contribution in [1.82, 2.24) is 9.78 Å². The predicted molar refractivity (Wildman–Crippen MR) is 232 cm³/mol. The van der Waals surface area contributed by atoms with E-state index in [4.69, 9.17) is 14.2 Å². The number of methoxy groups -OCH3 is 1. The molecule has 0 unspecified atom stereocenters. The zero-order chi connectivity index (χ0) is 49.9. The molecule has 1 aromatic heterocycles. The Kier molecular flexibility index (Phi) is 14.5. The molecule has 31 heteroatoms. The van der Waals surface area contributed by atoms with Crippen molar-refractivity contribution in [2.24, 2.45) is 30.7 Å². The van der Waals surface area contributed by atoms with E-state index in [9.17, 15) is 72.3 Å². The molecule has 8 N–H and O–H groups in total. The fourth-order valence-electron chi connectivity index (χ4n) is 5.99. The van der Waals surface area contributed by atoms with E-state index in [1.165, 1.54) is 20.1 Å². The third-order valence-electron chi connectivity index (χ3n) is 9.02. The van der Waals surface area contributed by atoms with Crippen LogP contribution >= 0.6 is 0 Å². The van der Waals surface area contributed by atoms with Gasteiger partial charge in [0.25, 0.3) is 40.5 Å². The van der Waals surface area contributed by atoms with Crippen molar-refractivity contribution in [1.29, 1.82) is 0 Å². The molecule has 0 aliphatic rings. The Morgan fingerprint density at radius 1 is 0.588 bits per heavy atom. The molecule has 1 heterocycles. The molecule has 27 nitrogen and oxygen atoms in total. The van der Waals surface area contributed by atoms with Gasteiger partial charge >= 0.3 is 0 Å². The lowest BCUT2D eigenvalue weighted by Gasteiger charge is -2.15. The number of phenols is 1. The molecule has 0 fully saturated rings. The maximum Gasteiger partial charge on any atom is 0.296 e. The highest BCUT2D eigenvalue weighted by Gasteiger charge is 2.28. The number of aromatic nitrogens is 2. The summed E-state index contributed by atoms with van der Waals surface area (Å²) in [5, 5.41) is 69.0. The number of nitrogens with zero attached hydrogens (tertiary/aromatic N) is 8. The van der Waals surface area contributed by atoms with Crippen molar-refractivity contribution >= 4 is 85.4 Å². The first kappa shape index (κ1) is 50.3. The van der Waals surface area contributed by atoms with Gasteiger partial charge in [-0.1, -0.05) is 0 Å². The van der Waals surface area contributed by atoms with E-state index < -0.39 is 120 Å². The highest BCUT2D eigenvalue weighted by atomic mass is 32.2. The highest BCUT2D eigenvalue weighted by Crippen LogP contribution is 2.48. The Morgan fingerprint density at radius 2 is 1.13 bits per heavy atom. The Morgan fingerprint density at radius 3 is 1.66 bits per heavy atom. The Labute approximate surface area is 384 Å². The van der Waals surface area contributed by atoms with Crippen molar-refractivity contribution in [2.45, 2.75) is 26.5 Å². The summed E-state index contributed by atoms with van der Waals surface area (Å²) in [5.41, 5.74) is -3.03. The Bertz CT molecular complexity index is 3510. The standard InChI is InChI=1S/C37H34N8O19S4/c1-19-34(42-38-21-3-6-23(7-4-21)65(50,51)52)37(49)45(44-19)28-16-24(66(53,54)55)13-20-14-32(68(59,60)61)35(36(48)33(20)28)43-41-27-18-29(63-11-9-46)26(17-30(27)64-12-10-47)40-39-25-8-5-22(62-2)15-31(25)67(56,57)58/h3-8,13-18,46-49H,9-12H2,1-2H3,(H,50,51,52)(H,53,54,55)(H,56,57,58)(H,59,60,61). The lowest BCUT2D eigenvalue weighted by atomic mass is 10.1. The molecule has 0 amide bonds. The third kappa shape index (κ3) is 11.2. The van der Waals surface area contributed by atoms with Gasteiger partial charge in [0.2, 0.25) is 5.88 Å². The Hall–Kier alpha value is -7.07. The normalized spacial score (nSPS) is 12.8. The van der Waals surface area contributed by atoms with E-state index in [0.717, 1.165) is 54.6 Å². The molecule has 0 aliphatic heterocycles. The van der Waals surface area contributed by atoms with Gasteiger partial charge in [-0.25, -0.2) is 0 Å². The van der Waals surface area contributed by atoms with Gasteiger partial charge in [-0.2, -0.15) is 48.6 Å². The highest BCUT2D eigenvalue weighted by molar-refractivity contribution is 7.86. The summed E-state index contributed by atoms with van der Waals surface area (Å²) >= 11 is 0. The van der Waals surface area contributed by atoms with Crippen molar-refractivity contribution in [3.05, 3.63) is 78.5 Å². The number of azo groups is 3. The third-order valence-corrected chi connectivity index (χ3v) is 12.5. The van der Waals surface area contributed by atoms with Gasteiger partial charge in [-0.15, -0.1) is 25.6 Å². The van der Waals surface area contributed by atoms with Gasteiger partial charge in [0, 0.05) is 18.2 Å². The number of ether oxygens (including phenoxy) is 3. The van der Waals surface area contributed by atoms with Crippen LogP contribution in [0.25, 0.3) is 16.5 Å². The number of hydrogen-bond donors (Lipinski definition) is 8. The van der Waals surface area contributed by atoms with Crippen molar-refractivity contribution in [3.8, 4) is 34.6 Å². The number of hydrogen-bond acceptors (Lipinski definition) is 22. The van der Waals surface area contributed by atoms with Crippen LogP contribution in [-0.4, -0.2) is 116 Å². The van der Waals surface area contributed by atoms with E-state index in [1.807, 2.05) is 0 Å². The molecule has 0 bridgehead atoms. The minimum absolute atomic E-state index is 0.0204. The number of aliphatic hydroxyl groups is 2. The van der Waals surface area contributed by atoms with Gasteiger partial charge in [0.1, 0.15) is 63.0 Å². The van der Waals surface area contributed by atoms with Crippen LogP contribution in [0.1, 0.15) is 5.69 Å². The van der Waals surface area contributed by atoms with E-state index in [-0.39, 0.29) is 51.4 Å². The summed E-state index contributed by atoms with van der Waals surface area (Å²) in [6.45, 7) is -0.649. The molecule has 0 spiro atoms. The molecule has 6 rings (SSSR count). The topological polar surface area (TPSA) is 418 Å². The molecule has 0 saturated carbocycles. The summed E-state index contributed by atoms with van der Waals surface area (Å²) in [4.78, 5) is -3.27. The van der Waals surface area contributed by atoms with Crippen LogP contribution in [0.15, 0.2) is 123 Å². The molecular weight excluding hydrogens is 989 g/mol. The van der Waals surface area contributed by atoms with E-state index >= 15 is 0 Å². The summed E-state index contributed by atoms with van der Waals surface area (Å²) in [5.74, 6) is -2.56. The maximum atomic E-state index is 12.9. The first-order chi connectivity index (χ1) is 31.8. The summed E-state index contributed by atoms with van der Waals surface area (Å²) in [6, 6.07) is 12.0. The zero-order valence-corrected chi connectivity index (χ0v) is 37.8. The van der Waals surface area contributed by atoms with E-state index in [0.29, 0.717) is 16.8 Å². The molecule has 0 aliphatic carbocycles. The smallest absolute Gasteiger partial charge is 0.296 e. The van der Waals surface area contributed by atoms with E-state index in [2.05, 4.69) is 35.8 Å². The lowest BCUT2D eigenvalue weighted by Crippen LogP contribution is -2.05. The van der Waals surface area contributed by atoms with Crippen molar-refractivity contribution in [2.75, 3.05) is 33.5 Å². The molecule has 360 valence electrons. The van der Waals surface area contributed by atoms with Crippen molar-refractivity contribution in [3.63, 3.8) is 0 Å².